The van der Waals surface area contributed by atoms with Gasteiger partial charge in [-0.15, -0.1) is 0 Å². The first-order valence-electron chi connectivity index (χ1n) is 9.86. The smallest absolute Gasteiger partial charge is 0.229 e. The van der Waals surface area contributed by atoms with Gasteiger partial charge in [0.2, 0.25) is 11.8 Å². The molecule has 6 heteroatoms. The van der Waals surface area contributed by atoms with Crippen LogP contribution in [0, 0.1) is 10.8 Å². The maximum absolute atomic E-state index is 12.3. The molecular weight excluding hydrogens is 380 g/mol. The Morgan fingerprint density at radius 1 is 0.667 bits per heavy atom. The molecule has 2 aromatic carbocycles. The number of methoxy groups -OCH3 is 2. The van der Waals surface area contributed by atoms with Crippen molar-refractivity contribution < 1.29 is 19.1 Å². The molecule has 0 aliphatic heterocycles. The van der Waals surface area contributed by atoms with Gasteiger partial charge in [0.25, 0.3) is 0 Å². The maximum atomic E-state index is 12.3. The molecular formula is C24H32N2O4. The highest BCUT2D eigenvalue weighted by Gasteiger charge is 2.23. The van der Waals surface area contributed by atoms with Gasteiger partial charge < -0.3 is 20.1 Å². The zero-order valence-corrected chi connectivity index (χ0v) is 19.1. The summed E-state index contributed by atoms with van der Waals surface area (Å²) in [5, 5.41) is 5.82. The molecule has 0 aromatic heterocycles. The Hall–Kier alpha value is -3.02. The average Bonchev–Trinajstić information content (AvgIpc) is 2.67. The summed E-state index contributed by atoms with van der Waals surface area (Å²) in [5.74, 6) is 0.951. The van der Waals surface area contributed by atoms with Crippen LogP contribution in [0.5, 0.6) is 11.5 Å². The third-order valence-electron chi connectivity index (χ3n) is 4.60. The molecule has 6 nitrogen and oxygen atoms in total. The van der Waals surface area contributed by atoms with Crippen LogP contribution >= 0.6 is 0 Å². The summed E-state index contributed by atoms with van der Waals surface area (Å²) >= 11 is 0. The van der Waals surface area contributed by atoms with Crippen LogP contribution in [0.15, 0.2) is 36.4 Å². The van der Waals surface area contributed by atoms with Gasteiger partial charge in [0, 0.05) is 10.8 Å². The highest BCUT2D eigenvalue weighted by atomic mass is 16.5. The lowest BCUT2D eigenvalue weighted by Gasteiger charge is -2.20. The topological polar surface area (TPSA) is 76.7 Å². The van der Waals surface area contributed by atoms with E-state index in [0.29, 0.717) is 22.9 Å². The summed E-state index contributed by atoms with van der Waals surface area (Å²) in [6, 6.07) is 11.2. The van der Waals surface area contributed by atoms with Crippen LogP contribution in [0.3, 0.4) is 0 Å². The number of benzene rings is 2. The van der Waals surface area contributed by atoms with Gasteiger partial charge in [-0.25, -0.2) is 0 Å². The molecule has 2 amide bonds. The van der Waals surface area contributed by atoms with Crippen molar-refractivity contribution in [2.75, 3.05) is 24.9 Å². The second kappa shape index (κ2) is 8.78. The van der Waals surface area contributed by atoms with Crippen molar-refractivity contribution in [3.63, 3.8) is 0 Å². The Kier molecular flexibility index (Phi) is 6.80. The highest BCUT2D eigenvalue weighted by molar-refractivity contribution is 5.97. The molecule has 0 aliphatic carbocycles. The fraction of sp³-hybridized carbons (Fsp3) is 0.417. The summed E-state index contributed by atoms with van der Waals surface area (Å²) in [5.41, 5.74) is 2.00. The normalized spacial score (nSPS) is 11.6. The van der Waals surface area contributed by atoms with Crippen molar-refractivity contribution in [2.45, 2.75) is 41.5 Å². The van der Waals surface area contributed by atoms with Crippen LogP contribution in [0.1, 0.15) is 41.5 Å². The fourth-order valence-electron chi connectivity index (χ4n) is 2.57. The number of hydrogen-bond donors (Lipinski definition) is 2. The SMILES string of the molecule is COc1cc(-c2ccc(NC(=O)C(C)(C)C)c(OC)c2)ccc1NC(=O)C(C)(C)C. The van der Waals surface area contributed by atoms with E-state index in [-0.39, 0.29) is 11.8 Å². The number of carbonyl (C=O) groups is 2. The van der Waals surface area contributed by atoms with Crippen LogP contribution in [0.2, 0.25) is 0 Å². The lowest BCUT2D eigenvalue weighted by molar-refractivity contribution is -0.123. The van der Waals surface area contributed by atoms with Crippen molar-refractivity contribution >= 4 is 23.2 Å². The maximum Gasteiger partial charge on any atom is 0.229 e. The molecule has 2 N–H and O–H groups in total. The number of anilines is 2. The summed E-state index contributed by atoms with van der Waals surface area (Å²) in [7, 11) is 3.13. The zero-order chi connectivity index (χ0) is 22.7. The number of amides is 2. The van der Waals surface area contributed by atoms with Crippen LogP contribution in [-0.2, 0) is 9.59 Å². The molecule has 0 unspecified atom stereocenters. The molecule has 0 saturated heterocycles. The van der Waals surface area contributed by atoms with E-state index in [1.54, 1.807) is 14.2 Å². The van der Waals surface area contributed by atoms with Gasteiger partial charge in [-0.05, 0) is 35.4 Å². The molecule has 0 bridgehead atoms. The highest BCUT2D eigenvalue weighted by Crippen LogP contribution is 2.36. The van der Waals surface area contributed by atoms with Crippen LogP contribution in [-0.4, -0.2) is 26.0 Å². The first kappa shape index (κ1) is 23.3. The summed E-state index contributed by atoms with van der Waals surface area (Å²) < 4.78 is 11.0. The molecule has 0 spiro atoms. The Morgan fingerprint density at radius 3 is 1.27 bits per heavy atom. The van der Waals surface area contributed by atoms with E-state index in [0.717, 1.165) is 11.1 Å². The van der Waals surface area contributed by atoms with E-state index in [2.05, 4.69) is 10.6 Å². The standard InChI is InChI=1S/C24H32N2O4/c1-23(2,3)21(27)25-17-11-9-15(13-19(17)29-7)16-10-12-18(20(14-16)30-8)26-22(28)24(4,5)6/h9-14H,1-8H3,(H,25,27)(H,26,28). The first-order valence-corrected chi connectivity index (χ1v) is 9.86. The second-order valence-electron chi connectivity index (χ2n) is 9.24. The van der Waals surface area contributed by atoms with Crippen molar-refractivity contribution in [3.05, 3.63) is 36.4 Å². The molecule has 0 fully saturated rings. The number of ether oxygens (including phenoxy) is 2. The third-order valence-corrected chi connectivity index (χ3v) is 4.60. The molecule has 2 aromatic rings. The van der Waals surface area contributed by atoms with Gasteiger partial charge >= 0.3 is 0 Å². The first-order chi connectivity index (χ1) is 13.9. The van der Waals surface area contributed by atoms with Gasteiger partial charge in [0.1, 0.15) is 11.5 Å². The van der Waals surface area contributed by atoms with Gasteiger partial charge in [0.05, 0.1) is 25.6 Å². The predicted octanol–water partition coefficient (Wildman–Crippen LogP) is 5.34. The summed E-state index contributed by atoms with van der Waals surface area (Å²) in [6.45, 7) is 11.1. The minimum Gasteiger partial charge on any atom is -0.495 e. The lowest BCUT2D eigenvalue weighted by atomic mass is 9.95. The molecule has 30 heavy (non-hydrogen) atoms. The quantitative estimate of drug-likeness (QED) is 0.695. The summed E-state index contributed by atoms with van der Waals surface area (Å²) in [4.78, 5) is 24.6. The van der Waals surface area contributed by atoms with Gasteiger partial charge in [-0.2, -0.15) is 0 Å². The molecule has 0 atom stereocenters. The number of nitrogens with one attached hydrogen (secondary N) is 2. The number of rotatable bonds is 5. The van der Waals surface area contributed by atoms with Crippen molar-refractivity contribution in [2.24, 2.45) is 10.8 Å². The van der Waals surface area contributed by atoms with E-state index < -0.39 is 10.8 Å². The fourth-order valence-corrected chi connectivity index (χ4v) is 2.57. The Morgan fingerprint density at radius 2 is 1.00 bits per heavy atom. The van der Waals surface area contributed by atoms with Crippen molar-refractivity contribution in [3.8, 4) is 22.6 Å². The van der Waals surface area contributed by atoms with Gasteiger partial charge in [-0.1, -0.05) is 53.7 Å². The van der Waals surface area contributed by atoms with Crippen LogP contribution < -0.4 is 20.1 Å². The minimum absolute atomic E-state index is 0.0887. The Bertz CT molecular complexity index is 860. The minimum atomic E-state index is -0.510. The summed E-state index contributed by atoms with van der Waals surface area (Å²) in [6.07, 6.45) is 0. The second-order valence-corrected chi connectivity index (χ2v) is 9.24. The molecule has 162 valence electrons. The van der Waals surface area contributed by atoms with Crippen molar-refractivity contribution in [1.82, 2.24) is 0 Å². The monoisotopic (exact) mass is 412 g/mol. The molecule has 2 rings (SSSR count). The molecule has 0 heterocycles. The third kappa shape index (κ3) is 5.53. The van der Waals surface area contributed by atoms with E-state index in [1.165, 1.54) is 0 Å². The van der Waals surface area contributed by atoms with E-state index in [9.17, 15) is 9.59 Å². The average molecular weight is 413 g/mol. The van der Waals surface area contributed by atoms with E-state index in [1.807, 2.05) is 77.9 Å². The predicted molar refractivity (Wildman–Crippen MR) is 121 cm³/mol. The lowest BCUT2D eigenvalue weighted by Crippen LogP contribution is -2.27. The number of carbonyl (C=O) groups excluding carboxylic acids is 2. The number of hydrogen-bond acceptors (Lipinski definition) is 4. The molecule has 0 aliphatic rings. The van der Waals surface area contributed by atoms with Crippen molar-refractivity contribution in [1.29, 1.82) is 0 Å². The van der Waals surface area contributed by atoms with Gasteiger partial charge in [0.15, 0.2) is 0 Å². The zero-order valence-electron chi connectivity index (χ0n) is 19.1. The van der Waals surface area contributed by atoms with Gasteiger partial charge in [-0.3, -0.25) is 9.59 Å². The van der Waals surface area contributed by atoms with E-state index >= 15 is 0 Å². The largest absolute Gasteiger partial charge is 0.495 e. The van der Waals surface area contributed by atoms with Crippen LogP contribution in [0.25, 0.3) is 11.1 Å². The van der Waals surface area contributed by atoms with E-state index in [4.69, 9.17) is 9.47 Å². The molecule has 0 saturated carbocycles. The van der Waals surface area contributed by atoms with Crippen LogP contribution in [0.4, 0.5) is 11.4 Å². The Balaban J connectivity index is 2.35. The molecule has 0 radical (unpaired) electrons. The Labute approximate surface area is 179 Å².